The number of rotatable bonds is 3. The Labute approximate surface area is 85.6 Å². The second-order valence-electron chi connectivity index (χ2n) is 4.94. The second kappa shape index (κ2) is 3.82. The summed E-state index contributed by atoms with van der Waals surface area (Å²) < 4.78 is 5.39. The number of hydrogen-bond donors (Lipinski definition) is 0. The molecule has 0 aromatic rings. The van der Waals surface area contributed by atoms with Crippen molar-refractivity contribution in [2.75, 3.05) is 12.4 Å². The number of ether oxygens (including phenoxy) is 1. The largest absolute Gasteiger partial charge is 0.369 e. The van der Waals surface area contributed by atoms with Crippen LogP contribution in [0.5, 0.6) is 0 Å². The van der Waals surface area contributed by atoms with Crippen LogP contribution in [0.15, 0.2) is 0 Å². The number of hydrogen-bond acceptors (Lipinski definition) is 2. The molecule has 2 fully saturated rings. The van der Waals surface area contributed by atoms with E-state index < -0.39 is 0 Å². The van der Waals surface area contributed by atoms with Crippen LogP contribution in [0.1, 0.15) is 39.5 Å². The van der Waals surface area contributed by atoms with Gasteiger partial charge in [0.05, 0.1) is 12.2 Å². The molecule has 1 aliphatic carbocycles. The molecule has 0 bridgehead atoms. The summed E-state index contributed by atoms with van der Waals surface area (Å²) in [5.41, 5.74) is 0.255. The Bertz CT molecular complexity index is 177. The molecule has 1 nitrogen and oxygen atoms in total. The molecule has 2 rings (SSSR count). The molecule has 0 N–H and O–H groups in total. The lowest BCUT2D eigenvalue weighted by Crippen LogP contribution is -2.18. The van der Waals surface area contributed by atoms with E-state index in [2.05, 4.69) is 25.6 Å². The minimum Gasteiger partial charge on any atom is -0.369 e. The van der Waals surface area contributed by atoms with Gasteiger partial charge >= 0.3 is 0 Å². The van der Waals surface area contributed by atoms with Gasteiger partial charge in [0.25, 0.3) is 0 Å². The quantitative estimate of drug-likeness (QED) is 0.649. The average molecular weight is 200 g/mol. The predicted molar refractivity (Wildman–Crippen MR) is 58.2 cm³/mol. The summed E-state index contributed by atoms with van der Waals surface area (Å²) >= 11 is 2.15. The van der Waals surface area contributed by atoms with Crippen molar-refractivity contribution in [2.45, 2.75) is 50.4 Å². The Morgan fingerprint density at radius 1 is 1.46 bits per heavy atom. The Morgan fingerprint density at radius 2 is 2.23 bits per heavy atom. The van der Waals surface area contributed by atoms with Gasteiger partial charge in [-0.2, -0.15) is 11.8 Å². The summed E-state index contributed by atoms with van der Waals surface area (Å²) in [5.74, 6) is 2.17. The first-order valence-corrected chi connectivity index (χ1v) is 6.48. The highest BCUT2D eigenvalue weighted by atomic mass is 32.2. The first-order chi connectivity index (χ1) is 6.18. The average Bonchev–Trinajstić information content (AvgIpc) is 2.82. The van der Waals surface area contributed by atoms with Gasteiger partial charge < -0.3 is 4.74 Å². The molecule has 2 heteroatoms. The Hall–Kier alpha value is 0.310. The van der Waals surface area contributed by atoms with E-state index in [0.29, 0.717) is 0 Å². The van der Waals surface area contributed by atoms with Crippen molar-refractivity contribution in [2.24, 2.45) is 5.92 Å². The van der Waals surface area contributed by atoms with Crippen molar-refractivity contribution in [3.05, 3.63) is 0 Å². The van der Waals surface area contributed by atoms with E-state index in [1.165, 1.54) is 31.4 Å². The molecule has 1 aliphatic heterocycles. The van der Waals surface area contributed by atoms with Gasteiger partial charge in [0, 0.05) is 11.0 Å². The minimum absolute atomic E-state index is 0.255. The summed E-state index contributed by atoms with van der Waals surface area (Å²) in [5, 5.41) is 0.921. The highest BCUT2D eigenvalue weighted by Crippen LogP contribution is 2.37. The third-order valence-electron chi connectivity index (χ3n) is 3.15. The van der Waals surface area contributed by atoms with Crippen LogP contribution in [0.3, 0.4) is 0 Å². The molecule has 3 atom stereocenters. The molecule has 0 amide bonds. The summed E-state index contributed by atoms with van der Waals surface area (Å²) in [6.07, 6.45) is 5.76. The number of thioether (sulfide) groups is 1. The fourth-order valence-corrected chi connectivity index (χ4v) is 3.58. The maximum absolute atomic E-state index is 5.39. The summed E-state index contributed by atoms with van der Waals surface area (Å²) in [6.45, 7) is 5.61. The van der Waals surface area contributed by atoms with Crippen molar-refractivity contribution in [1.29, 1.82) is 0 Å². The summed E-state index contributed by atoms with van der Waals surface area (Å²) in [4.78, 5) is 0. The minimum atomic E-state index is 0.255. The van der Waals surface area contributed by atoms with Crippen molar-refractivity contribution >= 4 is 11.8 Å². The van der Waals surface area contributed by atoms with Crippen LogP contribution in [-0.4, -0.2) is 23.2 Å². The van der Waals surface area contributed by atoms with Gasteiger partial charge in [0.1, 0.15) is 0 Å². The van der Waals surface area contributed by atoms with Crippen LogP contribution < -0.4 is 0 Å². The fraction of sp³-hybridized carbons (Fsp3) is 1.00. The topological polar surface area (TPSA) is 12.5 Å². The van der Waals surface area contributed by atoms with E-state index in [4.69, 9.17) is 4.74 Å². The van der Waals surface area contributed by atoms with Crippen molar-refractivity contribution < 1.29 is 4.74 Å². The van der Waals surface area contributed by atoms with Crippen molar-refractivity contribution in [1.82, 2.24) is 0 Å². The van der Waals surface area contributed by atoms with Crippen LogP contribution in [0.2, 0.25) is 0 Å². The summed E-state index contributed by atoms with van der Waals surface area (Å²) in [6, 6.07) is 0. The Morgan fingerprint density at radius 3 is 2.85 bits per heavy atom. The van der Waals surface area contributed by atoms with Crippen LogP contribution in [0.4, 0.5) is 0 Å². The van der Waals surface area contributed by atoms with E-state index in [9.17, 15) is 0 Å². The molecule has 1 saturated carbocycles. The lowest BCUT2D eigenvalue weighted by atomic mass is 9.91. The maximum Gasteiger partial charge on any atom is 0.0978 e. The molecular weight excluding hydrogens is 180 g/mol. The highest BCUT2D eigenvalue weighted by Gasteiger charge is 2.39. The van der Waals surface area contributed by atoms with Gasteiger partial charge in [0.2, 0.25) is 0 Å². The zero-order valence-corrected chi connectivity index (χ0v) is 9.53. The third-order valence-corrected chi connectivity index (χ3v) is 4.83. The van der Waals surface area contributed by atoms with Gasteiger partial charge in [0.15, 0.2) is 0 Å². The predicted octanol–water partition coefficient (Wildman–Crippen LogP) is 3.09. The molecule has 76 valence electrons. The van der Waals surface area contributed by atoms with Gasteiger partial charge in [-0.05, 0) is 25.7 Å². The molecule has 2 aliphatic rings. The van der Waals surface area contributed by atoms with E-state index in [1.807, 2.05) is 0 Å². The van der Waals surface area contributed by atoms with E-state index >= 15 is 0 Å². The monoisotopic (exact) mass is 200 g/mol. The Balaban J connectivity index is 1.68. The maximum atomic E-state index is 5.39. The highest BCUT2D eigenvalue weighted by molar-refractivity contribution is 8.00. The second-order valence-corrected chi connectivity index (χ2v) is 6.23. The lowest BCUT2D eigenvalue weighted by Gasteiger charge is -2.26. The molecule has 0 radical (unpaired) electrons. The molecular formula is C11H20OS. The zero-order chi connectivity index (χ0) is 9.31. The van der Waals surface area contributed by atoms with E-state index in [-0.39, 0.29) is 5.60 Å². The Kier molecular flexibility index (Phi) is 2.89. The standard InChI is InChI=1S/C11H20OS/c1-9-4-3-5-10(6-9)13-8-11(2)7-12-11/h9-10H,3-8H2,1-2H3. The van der Waals surface area contributed by atoms with Crippen molar-refractivity contribution in [3.63, 3.8) is 0 Å². The third kappa shape index (κ3) is 2.88. The first kappa shape index (κ1) is 9.85. The first-order valence-electron chi connectivity index (χ1n) is 5.43. The normalized spacial score (nSPS) is 44.8. The molecule has 0 spiro atoms. The smallest absolute Gasteiger partial charge is 0.0978 e. The van der Waals surface area contributed by atoms with E-state index in [1.54, 1.807) is 0 Å². The van der Waals surface area contributed by atoms with Gasteiger partial charge in [-0.1, -0.05) is 19.8 Å². The lowest BCUT2D eigenvalue weighted by molar-refractivity contribution is 0.346. The van der Waals surface area contributed by atoms with Crippen LogP contribution in [0, 0.1) is 5.92 Å². The molecule has 0 aromatic heterocycles. The van der Waals surface area contributed by atoms with Crippen molar-refractivity contribution in [3.8, 4) is 0 Å². The molecule has 0 aromatic carbocycles. The SMILES string of the molecule is CC1CCCC(SCC2(C)CO2)C1. The van der Waals surface area contributed by atoms with Crippen LogP contribution in [-0.2, 0) is 4.74 Å². The number of epoxide rings is 1. The molecule has 1 heterocycles. The fourth-order valence-electron chi connectivity index (χ4n) is 2.03. The molecule has 13 heavy (non-hydrogen) atoms. The summed E-state index contributed by atoms with van der Waals surface area (Å²) in [7, 11) is 0. The van der Waals surface area contributed by atoms with Gasteiger partial charge in [-0.3, -0.25) is 0 Å². The van der Waals surface area contributed by atoms with Gasteiger partial charge in [-0.15, -0.1) is 0 Å². The van der Waals surface area contributed by atoms with Gasteiger partial charge in [-0.25, -0.2) is 0 Å². The van der Waals surface area contributed by atoms with E-state index in [0.717, 1.165) is 17.8 Å². The zero-order valence-electron chi connectivity index (χ0n) is 8.71. The van der Waals surface area contributed by atoms with Crippen LogP contribution >= 0.6 is 11.8 Å². The van der Waals surface area contributed by atoms with Crippen LogP contribution in [0.25, 0.3) is 0 Å². The molecule has 1 saturated heterocycles. The molecule has 3 unspecified atom stereocenters.